The third-order valence-corrected chi connectivity index (χ3v) is 3.23. The Bertz CT molecular complexity index is 394. The van der Waals surface area contributed by atoms with Crippen molar-refractivity contribution in [3.63, 3.8) is 0 Å². The summed E-state index contributed by atoms with van der Waals surface area (Å²) in [5.41, 5.74) is 1.69. The number of hydrogen-bond acceptors (Lipinski definition) is 3. The normalized spacial score (nSPS) is 15.0. The molecule has 0 radical (unpaired) electrons. The van der Waals surface area contributed by atoms with Gasteiger partial charge in [-0.25, -0.2) is 0 Å². The van der Waals surface area contributed by atoms with Gasteiger partial charge < -0.3 is 5.11 Å². The zero-order valence-corrected chi connectivity index (χ0v) is 8.66. The van der Waals surface area contributed by atoms with E-state index in [1.54, 1.807) is 18.6 Å². The van der Waals surface area contributed by atoms with Crippen molar-refractivity contribution in [1.29, 1.82) is 0 Å². The molecule has 2 nitrogen and oxygen atoms in total. The number of aromatic nitrogens is 1. The van der Waals surface area contributed by atoms with Crippen molar-refractivity contribution in [3.05, 3.63) is 52.5 Å². The third-order valence-electron chi connectivity index (χ3n) is 2.25. The standard InChI is InChI=1S/C11H11NOS/c1-11(13,10-7-12-8-14-10)9-5-3-2-4-6-9/h2-8,13H,1H3. The van der Waals surface area contributed by atoms with Gasteiger partial charge in [-0.3, -0.25) is 4.98 Å². The molecule has 2 rings (SSSR count). The second-order valence-corrected chi connectivity index (χ2v) is 4.19. The maximum absolute atomic E-state index is 10.3. The van der Waals surface area contributed by atoms with Crippen LogP contribution in [0.15, 0.2) is 42.0 Å². The van der Waals surface area contributed by atoms with E-state index in [0.717, 1.165) is 10.4 Å². The van der Waals surface area contributed by atoms with Crippen LogP contribution < -0.4 is 0 Å². The fraction of sp³-hybridized carbons (Fsp3) is 0.182. The molecule has 14 heavy (non-hydrogen) atoms. The largest absolute Gasteiger partial charge is 0.380 e. The minimum absolute atomic E-state index is 0.865. The van der Waals surface area contributed by atoms with Gasteiger partial charge in [0, 0.05) is 6.20 Å². The Balaban J connectivity index is 2.43. The number of thiazole rings is 1. The highest BCUT2D eigenvalue weighted by Gasteiger charge is 2.26. The van der Waals surface area contributed by atoms with Crippen LogP contribution in [-0.2, 0) is 5.60 Å². The molecule has 0 aliphatic heterocycles. The Hall–Kier alpha value is -1.19. The summed E-state index contributed by atoms with van der Waals surface area (Å²) in [6, 6.07) is 9.61. The topological polar surface area (TPSA) is 33.1 Å². The number of nitrogens with zero attached hydrogens (tertiary/aromatic N) is 1. The molecule has 1 atom stereocenters. The molecule has 1 aromatic carbocycles. The van der Waals surface area contributed by atoms with E-state index in [4.69, 9.17) is 0 Å². The van der Waals surface area contributed by atoms with Gasteiger partial charge in [0.1, 0.15) is 5.60 Å². The van der Waals surface area contributed by atoms with E-state index in [2.05, 4.69) is 4.98 Å². The van der Waals surface area contributed by atoms with Gasteiger partial charge in [-0.15, -0.1) is 11.3 Å². The monoisotopic (exact) mass is 205 g/mol. The summed E-state index contributed by atoms with van der Waals surface area (Å²) in [6.45, 7) is 1.79. The van der Waals surface area contributed by atoms with Crippen LogP contribution in [-0.4, -0.2) is 10.1 Å². The maximum Gasteiger partial charge on any atom is 0.122 e. The van der Waals surface area contributed by atoms with Crippen LogP contribution in [0.4, 0.5) is 0 Å². The lowest BCUT2D eigenvalue weighted by molar-refractivity contribution is 0.106. The molecule has 0 fully saturated rings. The molecular formula is C11H11NOS. The van der Waals surface area contributed by atoms with E-state index in [-0.39, 0.29) is 0 Å². The molecule has 3 heteroatoms. The van der Waals surface area contributed by atoms with Crippen LogP contribution in [0.5, 0.6) is 0 Å². The van der Waals surface area contributed by atoms with E-state index in [9.17, 15) is 5.11 Å². The number of hydrogen-bond donors (Lipinski definition) is 1. The summed E-state index contributed by atoms with van der Waals surface area (Å²) in [6.07, 6.45) is 1.71. The first kappa shape index (κ1) is 9.37. The van der Waals surface area contributed by atoms with Gasteiger partial charge >= 0.3 is 0 Å². The van der Waals surface area contributed by atoms with Crippen molar-refractivity contribution in [2.45, 2.75) is 12.5 Å². The fourth-order valence-corrected chi connectivity index (χ4v) is 2.07. The molecule has 0 aliphatic carbocycles. The number of rotatable bonds is 2. The first-order valence-electron chi connectivity index (χ1n) is 4.38. The quantitative estimate of drug-likeness (QED) is 0.816. The smallest absolute Gasteiger partial charge is 0.122 e. The Morgan fingerprint density at radius 3 is 2.57 bits per heavy atom. The second-order valence-electron chi connectivity index (χ2n) is 3.30. The molecular weight excluding hydrogens is 194 g/mol. The zero-order valence-electron chi connectivity index (χ0n) is 7.84. The van der Waals surface area contributed by atoms with Crippen LogP contribution in [0.2, 0.25) is 0 Å². The molecule has 0 saturated carbocycles. The Morgan fingerprint density at radius 1 is 1.29 bits per heavy atom. The predicted octanol–water partition coefficient (Wildman–Crippen LogP) is 2.40. The molecule has 1 N–H and O–H groups in total. The van der Waals surface area contributed by atoms with Crippen LogP contribution in [0, 0.1) is 0 Å². The van der Waals surface area contributed by atoms with Crippen molar-refractivity contribution in [3.8, 4) is 0 Å². The third kappa shape index (κ3) is 1.56. The van der Waals surface area contributed by atoms with Gasteiger partial charge in [0.05, 0.1) is 10.4 Å². The predicted molar refractivity (Wildman–Crippen MR) is 57.2 cm³/mol. The van der Waals surface area contributed by atoms with Crippen molar-refractivity contribution in [1.82, 2.24) is 4.98 Å². The summed E-state index contributed by atoms with van der Waals surface area (Å²) in [7, 11) is 0. The summed E-state index contributed by atoms with van der Waals surface area (Å²) < 4.78 is 0. The lowest BCUT2D eigenvalue weighted by atomic mass is 9.95. The Morgan fingerprint density at radius 2 is 2.00 bits per heavy atom. The summed E-state index contributed by atoms with van der Waals surface area (Å²) in [4.78, 5) is 4.84. The van der Waals surface area contributed by atoms with Gasteiger partial charge in [-0.1, -0.05) is 30.3 Å². The molecule has 0 amide bonds. The van der Waals surface area contributed by atoms with E-state index in [1.165, 1.54) is 11.3 Å². The minimum atomic E-state index is -0.928. The van der Waals surface area contributed by atoms with Gasteiger partial charge in [-0.05, 0) is 12.5 Å². The molecule has 1 heterocycles. The molecule has 0 bridgehead atoms. The first-order chi connectivity index (χ1) is 6.71. The molecule has 72 valence electrons. The minimum Gasteiger partial charge on any atom is -0.380 e. The van der Waals surface area contributed by atoms with Crippen LogP contribution >= 0.6 is 11.3 Å². The lowest BCUT2D eigenvalue weighted by Crippen LogP contribution is -2.20. The molecule has 0 aliphatic rings. The lowest BCUT2D eigenvalue weighted by Gasteiger charge is -2.21. The van der Waals surface area contributed by atoms with Gasteiger partial charge in [0.2, 0.25) is 0 Å². The van der Waals surface area contributed by atoms with Crippen molar-refractivity contribution in [2.24, 2.45) is 0 Å². The van der Waals surface area contributed by atoms with E-state index in [0.29, 0.717) is 0 Å². The average molecular weight is 205 g/mol. The van der Waals surface area contributed by atoms with Crippen LogP contribution in [0.25, 0.3) is 0 Å². The summed E-state index contributed by atoms with van der Waals surface area (Å²) in [5, 5.41) is 10.3. The molecule has 1 aromatic heterocycles. The Labute approximate surface area is 86.9 Å². The highest BCUT2D eigenvalue weighted by molar-refractivity contribution is 7.09. The van der Waals surface area contributed by atoms with Crippen LogP contribution in [0.1, 0.15) is 17.4 Å². The van der Waals surface area contributed by atoms with Gasteiger partial charge in [-0.2, -0.15) is 0 Å². The van der Waals surface area contributed by atoms with Gasteiger partial charge in [0.25, 0.3) is 0 Å². The van der Waals surface area contributed by atoms with E-state index in [1.807, 2.05) is 30.3 Å². The number of aliphatic hydroxyl groups is 1. The molecule has 0 saturated heterocycles. The van der Waals surface area contributed by atoms with Crippen molar-refractivity contribution >= 4 is 11.3 Å². The number of benzene rings is 1. The SMILES string of the molecule is CC(O)(c1ccccc1)c1cncs1. The molecule has 0 spiro atoms. The summed E-state index contributed by atoms with van der Waals surface area (Å²) >= 11 is 1.46. The fourth-order valence-electron chi connectivity index (χ4n) is 1.36. The van der Waals surface area contributed by atoms with Crippen LogP contribution in [0.3, 0.4) is 0 Å². The highest BCUT2D eigenvalue weighted by atomic mass is 32.1. The highest BCUT2D eigenvalue weighted by Crippen LogP contribution is 2.30. The van der Waals surface area contributed by atoms with Crippen molar-refractivity contribution in [2.75, 3.05) is 0 Å². The Kier molecular flexibility index (Phi) is 2.35. The zero-order chi connectivity index (χ0) is 10.0. The van der Waals surface area contributed by atoms with E-state index >= 15 is 0 Å². The maximum atomic E-state index is 10.3. The van der Waals surface area contributed by atoms with E-state index < -0.39 is 5.60 Å². The van der Waals surface area contributed by atoms with Crippen molar-refractivity contribution < 1.29 is 5.11 Å². The second kappa shape index (κ2) is 3.52. The summed E-state index contributed by atoms with van der Waals surface area (Å²) in [5.74, 6) is 0. The first-order valence-corrected chi connectivity index (χ1v) is 5.26. The van der Waals surface area contributed by atoms with Gasteiger partial charge in [0.15, 0.2) is 0 Å². The molecule has 2 aromatic rings. The molecule has 1 unspecified atom stereocenters. The average Bonchev–Trinajstić information content (AvgIpc) is 2.72.